The number of aromatic nitrogens is 1. The van der Waals surface area contributed by atoms with Crippen molar-refractivity contribution in [1.29, 1.82) is 0 Å². The quantitative estimate of drug-likeness (QED) is 0.679. The number of benzene rings is 1. The molecule has 0 aliphatic carbocycles. The van der Waals surface area contributed by atoms with E-state index < -0.39 is 6.04 Å². The molecular weight excluding hydrogens is 358 g/mol. The van der Waals surface area contributed by atoms with Crippen LogP contribution >= 0.6 is 11.3 Å². The summed E-state index contributed by atoms with van der Waals surface area (Å²) in [6, 6.07) is 8.79. The van der Waals surface area contributed by atoms with Gasteiger partial charge < -0.3 is 10.6 Å². The summed E-state index contributed by atoms with van der Waals surface area (Å²) in [5, 5.41) is 8.64. The Morgan fingerprint density at radius 2 is 1.74 bits per heavy atom. The van der Waals surface area contributed by atoms with Gasteiger partial charge in [-0.15, -0.1) is 11.3 Å². The van der Waals surface area contributed by atoms with Crippen molar-refractivity contribution < 1.29 is 9.59 Å². The van der Waals surface area contributed by atoms with Crippen molar-refractivity contribution in [3.8, 4) is 0 Å². The molecular formula is C21H27N3O2S. The summed E-state index contributed by atoms with van der Waals surface area (Å²) >= 11 is 1.52. The number of carbonyl (C=O) groups is 2. The topological polar surface area (TPSA) is 71.1 Å². The number of rotatable bonds is 8. The second-order valence-electron chi connectivity index (χ2n) is 7.07. The lowest BCUT2D eigenvalue weighted by Gasteiger charge is -2.26. The van der Waals surface area contributed by atoms with E-state index in [1.807, 2.05) is 63.4 Å². The summed E-state index contributed by atoms with van der Waals surface area (Å²) < 4.78 is 0. The number of hydrogen-bond acceptors (Lipinski definition) is 4. The fourth-order valence-corrected chi connectivity index (χ4v) is 3.48. The van der Waals surface area contributed by atoms with E-state index in [9.17, 15) is 9.59 Å². The summed E-state index contributed by atoms with van der Waals surface area (Å²) in [6.07, 6.45) is 4.92. The lowest BCUT2D eigenvalue weighted by atomic mass is 10.0. The molecule has 0 radical (unpaired) electrons. The van der Waals surface area contributed by atoms with E-state index in [1.54, 1.807) is 12.3 Å². The predicted molar refractivity (Wildman–Crippen MR) is 110 cm³/mol. The molecule has 27 heavy (non-hydrogen) atoms. The molecule has 2 amide bonds. The van der Waals surface area contributed by atoms with Gasteiger partial charge in [0.25, 0.3) is 0 Å². The highest BCUT2D eigenvalue weighted by Gasteiger charge is 2.28. The van der Waals surface area contributed by atoms with Crippen LogP contribution in [0.3, 0.4) is 0 Å². The van der Waals surface area contributed by atoms with Crippen molar-refractivity contribution in [3.05, 3.63) is 58.6 Å². The Labute approximate surface area is 164 Å². The highest BCUT2D eigenvalue weighted by molar-refractivity contribution is 7.09. The van der Waals surface area contributed by atoms with Crippen molar-refractivity contribution in [3.63, 3.8) is 0 Å². The molecule has 2 atom stereocenters. The molecule has 0 saturated carbocycles. The first-order chi connectivity index (χ1) is 12.9. The van der Waals surface area contributed by atoms with Crippen LogP contribution in [0.5, 0.6) is 0 Å². The molecule has 2 unspecified atom stereocenters. The third-order valence-electron chi connectivity index (χ3n) is 4.16. The van der Waals surface area contributed by atoms with Crippen LogP contribution in [-0.4, -0.2) is 22.8 Å². The number of carbonyl (C=O) groups excluding carboxylic acids is 2. The molecule has 1 aromatic heterocycles. The molecule has 2 rings (SSSR count). The number of nitrogens with one attached hydrogen (secondary N) is 2. The smallest absolute Gasteiger partial charge is 0.244 e. The Hall–Kier alpha value is -2.47. The number of amides is 2. The monoisotopic (exact) mass is 385 g/mol. The Kier molecular flexibility index (Phi) is 7.73. The Bertz CT molecular complexity index is 755. The summed E-state index contributed by atoms with van der Waals surface area (Å²) in [5.41, 5.74) is 0.932. The van der Waals surface area contributed by atoms with Gasteiger partial charge in [-0.05, 0) is 23.5 Å². The van der Waals surface area contributed by atoms with Crippen LogP contribution in [0, 0.1) is 11.8 Å². The van der Waals surface area contributed by atoms with E-state index in [0.29, 0.717) is 0 Å². The van der Waals surface area contributed by atoms with Gasteiger partial charge in [0, 0.05) is 17.7 Å². The standard InChI is InChI=1S/C21H27N3O2S/c1-14(2)18(23-17(25)11-10-16-8-6-5-7-9-16)20(26)24-19(15(3)4)21-22-12-13-27-21/h5-15,18-19H,1-4H3,(H,23,25)(H,24,26). The van der Waals surface area contributed by atoms with E-state index in [2.05, 4.69) is 15.6 Å². The summed E-state index contributed by atoms with van der Waals surface area (Å²) in [6.45, 7) is 7.91. The second kappa shape index (κ2) is 10.0. The average Bonchev–Trinajstić information content (AvgIpc) is 3.17. The highest BCUT2D eigenvalue weighted by atomic mass is 32.1. The molecule has 6 heteroatoms. The molecule has 0 bridgehead atoms. The van der Waals surface area contributed by atoms with Crippen molar-refractivity contribution in [2.75, 3.05) is 0 Å². The van der Waals surface area contributed by atoms with Crippen molar-refractivity contribution in [2.45, 2.75) is 39.8 Å². The molecule has 2 aromatic rings. The van der Waals surface area contributed by atoms with Gasteiger partial charge >= 0.3 is 0 Å². The van der Waals surface area contributed by atoms with E-state index in [4.69, 9.17) is 0 Å². The SMILES string of the molecule is CC(C)C(NC(=O)C=Cc1ccccc1)C(=O)NC(c1nccs1)C(C)C. The van der Waals surface area contributed by atoms with E-state index in [-0.39, 0.29) is 29.7 Å². The minimum atomic E-state index is -0.612. The Balaban J connectivity index is 2.03. The summed E-state index contributed by atoms with van der Waals surface area (Å²) in [4.78, 5) is 29.5. The van der Waals surface area contributed by atoms with Crippen LogP contribution in [0.1, 0.15) is 44.3 Å². The van der Waals surface area contributed by atoms with E-state index >= 15 is 0 Å². The number of nitrogens with zero attached hydrogens (tertiary/aromatic N) is 1. The third-order valence-corrected chi connectivity index (χ3v) is 5.01. The van der Waals surface area contributed by atoms with Crippen LogP contribution in [0.4, 0.5) is 0 Å². The molecule has 1 aromatic carbocycles. The second-order valence-corrected chi connectivity index (χ2v) is 8.00. The first kappa shape index (κ1) is 20.8. The molecule has 0 aliphatic heterocycles. The lowest BCUT2D eigenvalue weighted by Crippen LogP contribution is -2.50. The molecule has 0 spiro atoms. The number of hydrogen-bond donors (Lipinski definition) is 2. The van der Waals surface area contributed by atoms with Gasteiger partial charge in [0.2, 0.25) is 11.8 Å². The first-order valence-electron chi connectivity index (χ1n) is 9.12. The van der Waals surface area contributed by atoms with Crippen LogP contribution in [0.25, 0.3) is 6.08 Å². The van der Waals surface area contributed by atoms with Crippen LogP contribution in [0.15, 0.2) is 48.0 Å². The minimum Gasteiger partial charge on any atom is -0.345 e. The van der Waals surface area contributed by atoms with Crippen LogP contribution in [-0.2, 0) is 9.59 Å². The molecule has 0 aliphatic rings. The highest BCUT2D eigenvalue weighted by Crippen LogP contribution is 2.23. The first-order valence-corrected chi connectivity index (χ1v) is 10.00. The zero-order valence-corrected chi connectivity index (χ0v) is 17.0. The molecule has 144 valence electrons. The molecule has 5 nitrogen and oxygen atoms in total. The largest absolute Gasteiger partial charge is 0.345 e. The number of thiazole rings is 1. The zero-order valence-electron chi connectivity index (χ0n) is 16.2. The van der Waals surface area contributed by atoms with Gasteiger partial charge in [-0.3, -0.25) is 9.59 Å². The minimum absolute atomic E-state index is 0.0387. The van der Waals surface area contributed by atoms with Crippen LogP contribution < -0.4 is 10.6 Å². The van der Waals surface area contributed by atoms with Gasteiger partial charge in [0.1, 0.15) is 11.0 Å². The maximum atomic E-state index is 12.8. The Morgan fingerprint density at radius 3 is 2.30 bits per heavy atom. The lowest BCUT2D eigenvalue weighted by molar-refractivity contribution is -0.129. The summed E-state index contributed by atoms with van der Waals surface area (Å²) in [7, 11) is 0. The third kappa shape index (κ3) is 6.32. The van der Waals surface area contributed by atoms with Crippen molar-refractivity contribution in [2.24, 2.45) is 11.8 Å². The van der Waals surface area contributed by atoms with Gasteiger partial charge in [-0.1, -0.05) is 58.0 Å². The molecule has 1 heterocycles. The fraction of sp³-hybridized carbons (Fsp3) is 0.381. The van der Waals surface area contributed by atoms with E-state index in [0.717, 1.165) is 10.6 Å². The van der Waals surface area contributed by atoms with E-state index in [1.165, 1.54) is 17.4 Å². The maximum absolute atomic E-state index is 12.8. The average molecular weight is 386 g/mol. The molecule has 0 saturated heterocycles. The predicted octanol–water partition coefficient (Wildman–Crippen LogP) is 3.81. The molecule has 2 N–H and O–H groups in total. The molecule has 0 fully saturated rings. The van der Waals surface area contributed by atoms with Gasteiger partial charge in [0.05, 0.1) is 6.04 Å². The van der Waals surface area contributed by atoms with Gasteiger partial charge in [-0.25, -0.2) is 4.98 Å². The van der Waals surface area contributed by atoms with Gasteiger partial charge in [0.15, 0.2) is 0 Å². The van der Waals surface area contributed by atoms with Crippen LogP contribution in [0.2, 0.25) is 0 Å². The summed E-state index contributed by atoms with van der Waals surface area (Å²) in [5.74, 6) is -0.326. The normalized spacial score (nSPS) is 13.7. The fourth-order valence-electron chi connectivity index (χ4n) is 2.62. The van der Waals surface area contributed by atoms with Crippen molar-refractivity contribution >= 4 is 29.2 Å². The van der Waals surface area contributed by atoms with Crippen molar-refractivity contribution in [1.82, 2.24) is 15.6 Å². The Morgan fingerprint density at radius 1 is 1.04 bits per heavy atom. The zero-order chi connectivity index (χ0) is 19.8. The van der Waals surface area contributed by atoms with Gasteiger partial charge in [-0.2, -0.15) is 0 Å². The maximum Gasteiger partial charge on any atom is 0.244 e.